The van der Waals surface area contributed by atoms with Gasteiger partial charge in [0.05, 0.1) is 0 Å². The average molecular weight is 256 g/mol. The molecule has 0 aromatic rings. The Bertz CT molecular complexity index is 219. The molecule has 3 nitrogen and oxygen atoms in total. The lowest BCUT2D eigenvalue weighted by Gasteiger charge is -2.31. The highest BCUT2D eigenvalue weighted by molar-refractivity contribution is 4.81. The summed E-state index contributed by atoms with van der Waals surface area (Å²) in [6.07, 6.45) is 5.14. The monoisotopic (exact) mass is 256 g/mol. The molecule has 0 radical (unpaired) electrons. The van der Waals surface area contributed by atoms with Crippen molar-refractivity contribution in [3.8, 4) is 0 Å². The van der Waals surface area contributed by atoms with Gasteiger partial charge in [0.2, 0.25) is 0 Å². The minimum atomic E-state index is 0.328. The molecule has 1 saturated heterocycles. The van der Waals surface area contributed by atoms with Crippen molar-refractivity contribution in [2.75, 3.05) is 33.4 Å². The fourth-order valence-corrected chi connectivity index (χ4v) is 2.67. The Morgan fingerprint density at radius 1 is 1.39 bits per heavy atom. The second-order valence-corrected chi connectivity index (χ2v) is 6.49. The van der Waals surface area contributed by atoms with E-state index in [9.17, 15) is 0 Å². The van der Waals surface area contributed by atoms with Gasteiger partial charge < -0.3 is 15.4 Å². The summed E-state index contributed by atoms with van der Waals surface area (Å²) < 4.78 is 5.16. The van der Waals surface area contributed by atoms with E-state index in [1.54, 1.807) is 7.11 Å². The molecule has 2 unspecified atom stereocenters. The molecule has 108 valence electrons. The Morgan fingerprint density at radius 3 is 2.83 bits per heavy atom. The molecule has 1 heterocycles. The molecular weight excluding hydrogens is 224 g/mol. The molecule has 2 atom stereocenters. The Labute approximate surface area is 113 Å². The summed E-state index contributed by atoms with van der Waals surface area (Å²) in [5, 5.41) is 7.26. The highest BCUT2D eigenvalue weighted by atomic mass is 16.5. The van der Waals surface area contributed by atoms with Crippen LogP contribution in [0.15, 0.2) is 0 Å². The number of nitrogens with one attached hydrogen (secondary N) is 2. The van der Waals surface area contributed by atoms with Crippen LogP contribution in [0.5, 0.6) is 0 Å². The average Bonchev–Trinajstić information content (AvgIpc) is 2.36. The van der Waals surface area contributed by atoms with Crippen molar-refractivity contribution in [1.29, 1.82) is 0 Å². The van der Waals surface area contributed by atoms with Crippen LogP contribution in [-0.2, 0) is 4.74 Å². The number of methoxy groups -OCH3 is 1. The van der Waals surface area contributed by atoms with E-state index in [4.69, 9.17) is 4.74 Å². The molecule has 0 amide bonds. The van der Waals surface area contributed by atoms with E-state index in [0.29, 0.717) is 11.5 Å². The van der Waals surface area contributed by atoms with Gasteiger partial charge in [0.15, 0.2) is 0 Å². The van der Waals surface area contributed by atoms with Crippen LogP contribution in [0.1, 0.15) is 46.5 Å². The molecule has 1 aliphatic heterocycles. The Morgan fingerprint density at radius 2 is 2.17 bits per heavy atom. The van der Waals surface area contributed by atoms with Gasteiger partial charge in [0, 0.05) is 32.8 Å². The van der Waals surface area contributed by atoms with Gasteiger partial charge >= 0.3 is 0 Å². The van der Waals surface area contributed by atoms with Crippen molar-refractivity contribution >= 4 is 0 Å². The molecule has 0 aromatic carbocycles. The normalized spacial score (nSPS) is 25.3. The Kier molecular flexibility index (Phi) is 7.20. The molecule has 1 aliphatic rings. The summed E-state index contributed by atoms with van der Waals surface area (Å²) in [6, 6.07) is 0.668. The summed E-state index contributed by atoms with van der Waals surface area (Å²) in [4.78, 5) is 0. The van der Waals surface area contributed by atoms with Crippen molar-refractivity contribution in [1.82, 2.24) is 10.6 Å². The molecule has 0 bridgehead atoms. The first-order valence-corrected chi connectivity index (χ1v) is 7.50. The lowest BCUT2D eigenvalue weighted by Crippen LogP contribution is -2.46. The maximum atomic E-state index is 5.16. The zero-order valence-corrected chi connectivity index (χ0v) is 12.7. The SMILES string of the molecule is CCC1CCNC(CNCC(C)(C)CCOC)C1. The minimum absolute atomic E-state index is 0.328. The quantitative estimate of drug-likeness (QED) is 0.700. The van der Waals surface area contributed by atoms with Crippen LogP contribution in [0.2, 0.25) is 0 Å². The predicted molar refractivity (Wildman–Crippen MR) is 77.9 cm³/mol. The molecule has 18 heavy (non-hydrogen) atoms. The Hall–Kier alpha value is -0.120. The van der Waals surface area contributed by atoms with E-state index in [1.807, 2.05) is 0 Å². The molecular formula is C15H32N2O. The van der Waals surface area contributed by atoms with Crippen molar-refractivity contribution in [2.24, 2.45) is 11.3 Å². The molecule has 0 saturated carbocycles. The van der Waals surface area contributed by atoms with Crippen molar-refractivity contribution in [3.05, 3.63) is 0 Å². The van der Waals surface area contributed by atoms with E-state index >= 15 is 0 Å². The van der Waals surface area contributed by atoms with Crippen molar-refractivity contribution in [3.63, 3.8) is 0 Å². The highest BCUT2D eigenvalue weighted by Gasteiger charge is 2.21. The fraction of sp³-hybridized carbons (Fsp3) is 1.00. The highest BCUT2D eigenvalue weighted by Crippen LogP contribution is 2.20. The fourth-order valence-electron chi connectivity index (χ4n) is 2.67. The van der Waals surface area contributed by atoms with E-state index in [2.05, 4.69) is 31.4 Å². The van der Waals surface area contributed by atoms with E-state index < -0.39 is 0 Å². The third kappa shape index (κ3) is 6.17. The van der Waals surface area contributed by atoms with Gasteiger partial charge in [0.1, 0.15) is 0 Å². The minimum Gasteiger partial charge on any atom is -0.385 e. The summed E-state index contributed by atoms with van der Waals surface area (Å²) in [5.41, 5.74) is 0.328. The van der Waals surface area contributed by atoms with Gasteiger partial charge in [-0.1, -0.05) is 27.2 Å². The molecule has 3 heteroatoms. The van der Waals surface area contributed by atoms with Gasteiger partial charge in [-0.15, -0.1) is 0 Å². The molecule has 0 aromatic heterocycles. The van der Waals surface area contributed by atoms with Crippen LogP contribution in [0.3, 0.4) is 0 Å². The van der Waals surface area contributed by atoms with Gasteiger partial charge in [-0.25, -0.2) is 0 Å². The number of piperidine rings is 1. The maximum absolute atomic E-state index is 5.16. The lowest BCUT2D eigenvalue weighted by atomic mass is 9.88. The second kappa shape index (κ2) is 8.13. The van der Waals surface area contributed by atoms with Gasteiger partial charge in [-0.2, -0.15) is 0 Å². The topological polar surface area (TPSA) is 33.3 Å². The lowest BCUT2D eigenvalue weighted by molar-refractivity contribution is 0.149. The van der Waals surface area contributed by atoms with Gasteiger partial charge in [0.25, 0.3) is 0 Å². The van der Waals surface area contributed by atoms with Gasteiger partial charge in [-0.05, 0) is 37.1 Å². The molecule has 2 N–H and O–H groups in total. The van der Waals surface area contributed by atoms with E-state index in [1.165, 1.54) is 25.8 Å². The first-order valence-electron chi connectivity index (χ1n) is 7.50. The number of rotatable bonds is 8. The van der Waals surface area contributed by atoms with E-state index in [0.717, 1.165) is 32.0 Å². The molecule has 0 aliphatic carbocycles. The first kappa shape index (κ1) is 15.9. The third-order valence-electron chi connectivity index (χ3n) is 4.16. The van der Waals surface area contributed by atoms with Crippen LogP contribution < -0.4 is 10.6 Å². The zero-order chi connectivity index (χ0) is 13.4. The van der Waals surface area contributed by atoms with Crippen LogP contribution in [0, 0.1) is 11.3 Å². The summed E-state index contributed by atoms with van der Waals surface area (Å²) >= 11 is 0. The summed E-state index contributed by atoms with van der Waals surface area (Å²) in [6.45, 7) is 11.2. The number of ether oxygens (including phenoxy) is 1. The second-order valence-electron chi connectivity index (χ2n) is 6.49. The number of hydrogen-bond donors (Lipinski definition) is 2. The first-order chi connectivity index (χ1) is 8.57. The molecule has 0 spiro atoms. The smallest absolute Gasteiger partial charge is 0.0467 e. The van der Waals surface area contributed by atoms with Crippen molar-refractivity contribution < 1.29 is 4.74 Å². The van der Waals surface area contributed by atoms with Gasteiger partial charge in [-0.3, -0.25) is 0 Å². The Balaban J connectivity index is 2.16. The number of hydrogen-bond acceptors (Lipinski definition) is 3. The maximum Gasteiger partial charge on any atom is 0.0467 e. The molecule has 1 fully saturated rings. The predicted octanol–water partition coefficient (Wildman–Crippen LogP) is 2.42. The van der Waals surface area contributed by atoms with E-state index in [-0.39, 0.29) is 0 Å². The van der Waals surface area contributed by atoms with Crippen LogP contribution >= 0.6 is 0 Å². The van der Waals surface area contributed by atoms with Crippen LogP contribution in [-0.4, -0.2) is 39.4 Å². The summed E-state index contributed by atoms with van der Waals surface area (Å²) in [5.74, 6) is 0.930. The summed E-state index contributed by atoms with van der Waals surface area (Å²) in [7, 11) is 1.78. The standard InChI is InChI=1S/C15H32N2O/c1-5-13-6-8-17-14(10-13)11-16-12-15(2,3)7-9-18-4/h13-14,16-17H,5-12H2,1-4H3. The largest absolute Gasteiger partial charge is 0.385 e. The molecule has 1 rings (SSSR count). The van der Waals surface area contributed by atoms with Crippen LogP contribution in [0.4, 0.5) is 0 Å². The zero-order valence-electron chi connectivity index (χ0n) is 12.7. The third-order valence-corrected chi connectivity index (χ3v) is 4.16. The van der Waals surface area contributed by atoms with Crippen molar-refractivity contribution in [2.45, 2.75) is 52.5 Å². The van der Waals surface area contributed by atoms with Crippen LogP contribution in [0.25, 0.3) is 0 Å².